The number of amides is 1. The minimum atomic E-state index is -0.213. The molecule has 0 spiro atoms. The number of furan rings is 1. The van der Waals surface area contributed by atoms with Crippen LogP contribution in [-0.4, -0.2) is 27.4 Å². The normalized spacial score (nSPS) is 11.2. The van der Waals surface area contributed by atoms with Gasteiger partial charge < -0.3 is 9.32 Å². The molecule has 0 N–H and O–H groups in total. The number of aryl methyl sites for hydroxylation is 1. The fraction of sp³-hybridized carbons (Fsp3) is 0.227. The third kappa shape index (κ3) is 3.17. The zero-order chi connectivity index (χ0) is 19.7. The molecule has 0 radical (unpaired) electrons. The number of nitrogens with zero attached hydrogens (tertiary/aromatic N) is 3. The van der Waals surface area contributed by atoms with Gasteiger partial charge >= 0.3 is 0 Å². The van der Waals surface area contributed by atoms with Gasteiger partial charge in [-0.2, -0.15) is 0 Å². The number of benzene rings is 2. The highest BCUT2D eigenvalue weighted by molar-refractivity contribution is 5.83. The average molecular weight is 375 g/mol. The summed E-state index contributed by atoms with van der Waals surface area (Å²) in [6, 6.07) is 15.0. The summed E-state index contributed by atoms with van der Waals surface area (Å²) in [5, 5.41) is 1.53. The number of hydrogen-bond acceptors (Lipinski definition) is 4. The van der Waals surface area contributed by atoms with Crippen molar-refractivity contribution in [1.29, 1.82) is 0 Å². The van der Waals surface area contributed by atoms with E-state index < -0.39 is 0 Å². The molecule has 142 valence electrons. The summed E-state index contributed by atoms with van der Waals surface area (Å²) in [6.45, 7) is 2.41. The Kier molecular flexibility index (Phi) is 4.69. The molecule has 2 aromatic carbocycles. The number of aromatic nitrogens is 2. The highest BCUT2D eigenvalue weighted by Gasteiger charge is 2.18. The van der Waals surface area contributed by atoms with Gasteiger partial charge in [0.2, 0.25) is 5.91 Å². The molecule has 0 atom stereocenters. The lowest BCUT2D eigenvalue weighted by atomic mass is 10.1. The Bertz CT molecular complexity index is 1220. The van der Waals surface area contributed by atoms with Crippen LogP contribution in [0.1, 0.15) is 18.2 Å². The number of carbonyl (C=O) groups excluding carboxylic acids is 1. The van der Waals surface area contributed by atoms with E-state index in [1.54, 1.807) is 30.1 Å². The smallest absolute Gasteiger partial charge is 0.261 e. The van der Waals surface area contributed by atoms with Crippen LogP contribution in [0.5, 0.6) is 0 Å². The first-order valence-corrected chi connectivity index (χ1v) is 9.26. The monoisotopic (exact) mass is 375 g/mol. The summed E-state index contributed by atoms with van der Waals surface area (Å²) in [5.41, 5.74) is 2.25. The average Bonchev–Trinajstić information content (AvgIpc) is 3.08. The van der Waals surface area contributed by atoms with Crippen LogP contribution in [0, 0.1) is 0 Å². The van der Waals surface area contributed by atoms with E-state index in [-0.39, 0.29) is 18.0 Å². The van der Waals surface area contributed by atoms with Crippen LogP contribution < -0.4 is 5.56 Å². The Labute approximate surface area is 162 Å². The van der Waals surface area contributed by atoms with E-state index in [9.17, 15) is 9.59 Å². The first-order valence-electron chi connectivity index (χ1n) is 9.26. The minimum Gasteiger partial charge on any atom is -0.461 e. The predicted molar refractivity (Wildman–Crippen MR) is 108 cm³/mol. The second kappa shape index (κ2) is 7.31. The third-order valence-corrected chi connectivity index (χ3v) is 4.96. The predicted octanol–water partition coefficient (Wildman–Crippen LogP) is 3.36. The van der Waals surface area contributed by atoms with Crippen molar-refractivity contribution in [2.45, 2.75) is 26.4 Å². The fourth-order valence-electron chi connectivity index (χ4n) is 3.42. The molecule has 0 aliphatic rings. The lowest BCUT2D eigenvalue weighted by Gasteiger charge is -2.18. The van der Waals surface area contributed by atoms with Crippen molar-refractivity contribution in [2.24, 2.45) is 0 Å². The molecule has 4 aromatic rings. The van der Waals surface area contributed by atoms with Gasteiger partial charge in [-0.25, -0.2) is 4.98 Å². The molecule has 1 amide bonds. The van der Waals surface area contributed by atoms with E-state index in [0.717, 1.165) is 28.7 Å². The van der Waals surface area contributed by atoms with Gasteiger partial charge in [-0.15, -0.1) is 0 Å². The van der Waals surface area contributed by atoms with Crippen LogP contribution in [-0.2, 0) is 24.3 Å². The van der Waals surface area contributed by atoms with Crippen molar-refractivity contribution in [3.05, 3.63) is 76.5 Å². The molecule has 6 nitrogen and oxygen atoms in total. The van der Waals surface area contributed by atoms with Gasteiger partial charge in [-0.1, -0.05) is 37.3 Å². The Morgan fingerprint density at radius 1 is 1.11 bits per heavy atom. The van der Waals surface area contributed by atoms with E-state index in [1.807, 2.05) is 37.3 Å². The van der Waals surface area contributed by atoms with Gasteiger partial charge in [-0.05, 0) is 18.2 Å². The number of likely N-dealkylation sites (N-methyl/N-ethyl adjacent to an activating group) is 1. The Hall–Kier alpha value is -3.41. The third-order valence-electron chi connectivity index (χ3n) is 4.96. The maximum atomic E-state index is 12.8. The molecule has 2 aromatic heterocycles. The first-order chi connectivity index (χ1) is 13.6. The number of hydrogen-bond donors (Lipinski definition) is 0. The van der Waals surface area contributed by atoms with Gasteiger partial charge in [0.1, 0.15) is 17.9 Å². The number of rotatable bonds is 5. The van der Waals surface area contributed by atoms with E-state index in [2.05, 4.69) is 4.98 Å². The van der Waals surface area contributed by atoms with Crippen LogP contribution in [0.4, 0.5) is 0 Å². The van der Waals surface area contributed by atoms with Crippen LogP contribution in [0.3, 0.4) is 0 Å². The maximum absolute atomic E-state index is 12.8. The molecule has 0 fully saturated rings. The summed E-state index contributed by atoms with van der Waals surface area (Å²) < 4.78 is 7.27. The lowest BCUT2D eigenvalue weighted by molar-refractivity contribution is -0.131. The van der Waals surface area contributed by atoms with Crippen LogP contribution in [0.15, 0.2) is 64.1 Å². The molecule has 6 heteroatoms. The van der Waals surface area contributed by atoms with Crippen molar-refractivity contribution in [2.75, 3.05) is 7.05 Å². The zero-order valence-electron chi connectivity index (χ0n) is 15.9. The van der Waals surface area contributed by atoms with Gasteiger partial charge in [0.25, 0.3) is 5.56 Å². The van der Waals surface area contributed by atoms with Gasteiger partial charge in [0.15, 0.2) is 0 Å². The lowest BCUT2D eigenvalue weighted by Crippen LogP contribution is -2.33. The first kappa shape index (κ1) is 18.0. The molecule has 0 bridgehead atoms. The molecule has 0 unspecified atom stereocenters. The van der Waals surface area contributed by atoms with Crippen molar-refractivity contribution in [1.82, 2.24) is 14.5 Å². The molecular formula is C22H21N3O3. The zero-order valence-corrected chi connectivity index (χ0v) is 15.9. The van der Waals surface area contributed by atoms with Crippen molar-refractivity contribution in [3.8, 4) is 0 Å². The molecule has 0 saturated heterocycles. The van der Waals surface area contributed by atoms with E-state index in [1.165, 1.54) is 10.9 Å². The Morgan fingerprint density at radius 2 is 1.82 bits per heavy atom. The summed E-state index contributed by atoms with van der Waals surface area (Å²) in [4.78, 5) is 31.3. The molecule has 4 rings (SSSR count). The number of carbonyl (C=O) groups is 1. The Morgan fingerprint density at radius 3 is 2.61 bits per heavy atom. The Balaban J connectivity index is 1.58. The summed E-state index contributed by atoms with van der Waals surface area (Å²) >= 11 is 0. The van der Waals surface area contributed by atoms with Crippen molar-refractivity contribution in [3.63, 3.8) is 0 Å². The van der Waals surface area contributed by atoms with E-state index >= 15 is 0 Å². The van der Waals surface area contributed by atoms with Crippen LogP contribution >= 0.6 is 0 Å². The minimum absolute atomic E-state index is 0.0512. The highest BCUT2D eigenvalue weighted by atomic mass is 16.3. The summed E-state index contributed by atoms with van der Waals surface area (Å²) in [6.07, 6.45) is 2.18. The molecule has 0 saturated carbocycles. The van der Waals surface area contributed by atoms with Gasteiger partial charge in [-0.3, -0.25) is 14.2 Å². The molecule has 28 heavy (non-hydrogen) atoms. The topological polar surface area (TPSA) is 68.3 Å². The van der Waals surface area contributed by atoms with Gasteiger partial charge in [0.05, 0.1) is 17.2 Å². The second-order valence-corrected chi connectivity index (χ2v) is 6.80. The SMILES string of the molecule is CCc1oc2ccccc2c1CN(C)C(=O)Cn1cnc2ccccc2c1=O. The fourth-order valence-corrected chi connectivity index (χ4v) is 3.42. The molecular weight excluding hydrogens is 354 g/mol. The molecule has 0 aliphatic heterocycles. The quantitative estimate of drug-likeness (QED) is 0.536. The van der Waals surface area contributed by atoms with E-state index in [0.29, 0.717) is 17.4 Å². The summed E-state index contributed by atoms with van der Waals surface area (Å²) in [5.74, 6) is 0.719. The van der Waals surface area contributed by atoms with Crippen LogP contribution in [0.2, 0.25) is 0 Å². The van der Waals surface area contributed by atoms with Crippen molar-refractivity contribution < 1.29 is 9.21 Å². The highest BCUT2D eigenvalue weighted by Crippen LogP contribution is 2.27. The maximum Gasteiger partial charge on any atom is 0.261 e. The number of fused-ring (bicyclic) bond motifs is 2. The standard InChI is InChI=1S/C22H21N3O3/c1-3-19-17(15-8-5-7-11-20(15)28-19)12-24(2)21(26)13-25-14-23-18-10-6-4-9-16(18)22(25)27/h4-11,14H,3,12-13H2,1-2H3. The molecule has 0 aliphatic carbocycles. The second-order valence-electron chi connectivity index (χ2n) is 6.80. The van der Waals surface area contributed by atoms with Crippen LogP contribution in [0.25, 0.3) is 21.9 Å². The molecule has 2 heterocycles. The van der Waals surface area contributed by atoms with E-state index in [4.69, 9.17) is 4.42 Å². The van der Waals surface area contributed by atoms with Gasteiger partial charge in [0, 0.05) is 31.0 Å². The number of para-hydroxylation sites is 2. The largest absolute Gasteiger partial charge is 0.461 e. The summed E-state index contributed by atoms with van der Waals surface area (Å²) in [7, 11) is 1.74. The van der Waals surface area contributed by atoms with Crippen molar-refractivity contribution >= 4 is 27.8 Å².